The van der Waals surface area contributed by atoms with Crippen molar-refractivity contribution in [2.75, 3.05) is 5.32 Å². The summed E-state index contributed by atoms with van der Waals surface area (Å²) in [6.07, 6.45) is 3.57. The Kier molecular flexibility index (Phi) is 4.11. The van der Waals surface area contributed by atoms with Gasteiger partial charge in [0.1, 0.15) is 6.33 Å². The summed E-state index contributed by atoms with van der Waals surface area (Å²) in [7, 11) is 0. The van der Waals surface area contributed by atoms with Crippen molar-refractivity contribution in [2.45, 2.75) is 0 Å². The van der Waals surface area contributed by atoms with Crippen molar-refractivity contribution in [2.24, 2.45) is 0 Å². The summed E-state index contributed by atoms with van der Waals surface area (Å²) >= 11 is 3.47. The molecule has 144 valence electrons. The van der Waals surface area contributed by atoms with E-state index < -0.39 is 0 Å². The van der Waals surface area contributed by atoms with Crippen molar-refractivity contribution in [3.63, 3.8) is 0 Å². The molecule has 4 aromatic heterocycles. The van der Waals surface area contributed by atoms with Crippen LogP contribution in [-0.2, 0) is 0 Å². The van der Waals surface area contributed by atoms with Crippen LogP contribution in [0.15, 0.2) is 84.6 Å². The van der Waals surface area contributed by atoms with Crippen molar-refractivity contribution in [3.05, 3.63) is 84.6 Å². The van der Waals surface area contributed by atoms with E-state index in [0.29, 0.717) is 0 Å². The molecule has 0 radical (unpaired) electrons. The van der Waals surface area contributed by atoms with Crippen molar-refractivity contribution >= 4 is 55.3 Å². The highest BCUT2D eigenvalue weighted by molar-refractivity contribution is 7.22. The molecule has 0 aliphatic rings. The van der Waals surface area contributed by atoms with Gasteiger partial charge in [0, 0.05) is 32.5 Å². The molecule has 6 aromatic rings. The molecule has 0 fully saturated rings. The third-order valence-corrected chi connectivity index (χ3v) is 7.20. The Morgan fingerprint density at radius 3 is 2.53 bits per heavy atom. The van der Waals surface area contributed by atoms with Crippen molar-refractivity contribution in [1.29, 1.82) is 0 Å². The van der Waals surface area contributed by atoms with E-state index in [2.05, 4.69) is 92.4 Å². The fourth-order valence-corrected chi connectivity index (χ4v) is 5.39. The molecule has 4 nitrogen and oxygen atoms in total. The molecule has 0 spiro atoms. The Hall–Kier alpha value is -3.48. The lowest BCUT2D eigenvalue weighted by Crippen LogP contribution is -1.94. The van der Waals surface area contributed by atoms with Gasteiger partial charge < -0.3 is 10.3 Å². The molecule has 6 rings (SSSR count). The Labute approximate surface area is 180 Å². The lowest BCUT2D eigenvalue weighted by Gasteiger charge is -2.06. The lowest BCUT2D eigenvalue weighted by molar-refractivity contribution is 1.23. The van der Waals surface area contributed by atoms with Gasteiger partial charge >= 0.3 is 0 Å². The second-order valence-electron chi connectivity index (χ2n) is 7.01. The number of aromatic nitrogens is 3. The highest BCUT2D eigenvalue weighted by Gasteiger charge is 2.11. The van der Waals surface area contributed by atoms with Gasteiger partial charge in [-0.15, -0.1) is 22.7 Å². The average Bonchev–Trinajstić information content (AvgIpc) is 3.53. The fourth-order valence-electron chi connectivity index (χ4n) is 3.60. The van der Waals surface area contributed by atoms with Crippen molar-refractivity contribution in [3.8, 4) is 20.9 Å². The number of nitrogens with one attached hydrogen (secondary N) is 2. The second kappa shape index (κ2) is 7.09. The number of rotatable bonds is 4. The monoisotopic (exact) mass is 424 g/mol. The van der Waals surface area contributed by atoms with E-state index in [-0.39, 0.29) is 0 Å². The van der Waals surface area contributed by atoms with Gasteiger partial charge in [0.2, 0.25) is 0 Å². The van der Waals surface area contributed by atoms with E-state index in [9.17, 15) is 0 Å². The molecular formula is C24H16N4S2. The minimum Gasteiger partial charge on any atom is -0.361 e. The molecule has 2 aromatic carbocycles. The number of fused-ring (bicyclic) bond motifs is 2. The molecule has 0 bridgehead atoms. The van der Waals surface area contributed by atoms with Crippen LogP contribution in [0.1, 0.15) is 0 Å². The minimum atomic E-state index is 0.835. The predicted molar refractivity (Wildman–Crippen MR) is 128 cm³/mol. The van der Waals surface area contributed by atoms with Gasteiger partial charge in [-0.3, -0.25) is 0 Å². The van der Waals surface area contributed by atoms with Crippen LogP contribution in [0.2, 0.25) is 0 Å². The van der Waals surface area contributed by atoms with E-state index in [1.165, 1.54) is 26.3 Å². The SMILES string of the molecule is c1csc(-c2ccc(-c3cc4ncnc(Nc5ccc6[nH]ccc6c5)c4s3)cc2)c1. The zero-order valence-corrected chi connectivity index (χ0v) is 17.4. The maximum Gasteiger partial charge on any atom is 0.151 e. The summed E-state index contributed by atoms with van der Waals surface area (Å²) < 4.78 is 1.06. The Bertz CT molecular complexity index is 1460. The maximum absolute atomic E-state index is 4.51. The molecule has 0 aliphatic heterocycles. The number of nitrogens with zero attached hydrogens (tertiary/aromatic N) is 2. The van der Waals surface area contributed by atoms with E-state index in [1.54, 1.807) is 29.0 Å². The summed E-state index contributed by atoms with van der Waals surface area (Å²) in [5.74, 6) is 0.835. The predicted octanol–water partition coefficient (Wildman–Crippen LogP) is 7.31. The summed E-state index contributed by atoms with van der Waals surface area (Å²) in [4.78, 5) is 14.7. The Balaban J connectivity index is 1.35. The molecular weight excluding hydrogens is 408 g/mol. The largest absolute Gasteiger partial charge is 0.361 e. The second-order valence-corrected chi connectivity index (χ2v) is 9.01. The number of hydrogen-bond acceptors (Lipinski definition) is 5. The van der Waals surface area contributed by atoms with Gasteiger partial charge in [0.05, 0.1) is 10.2 Å². The van der Waals surface area contributed by atoms with Gasteiger partial charge in [0.15, 0.2) is 5.82 Å². The molecule has 0 saturated carbocycles. The first kappa shape index (κ1) is 17.4. The third-order valence-electron chi connectivity index (χ3n) is 5.10. The van der Waals surface area contributed by atoms with Crippen LogP contribution < -0.4 is 5.32 Å². The zero-order valence-electron chi connectivity index (χ0n) is 15.8. The van der Waals surface area contributed by atoms with Gasteiger partial charge in [-0.05, 0) is 52.9 Å². The summed E-state index contributed by atoms with van der Waals surface area (Å²) in [6, 6.07) is 23.4. The Morgan fingerprint density at radius 1 is 0.833 bits per heavy atom. The summed E-state index contributed by atoms with van der Waals surface area (Å²) in [5.41, 5.74) is 5.53. The molecule has 6 heteroatoms. The minimum absolute atomic E-state index is 0.835. The molecule has 0 atom stereocenters. The first-order chi connectivity index (χ1) is 14.8. The lowest BCUT2D eigenvalue weighted by atomic mass is 10.1. The standard InChI is InChI=1S/C24H16N4S2/c1-2-21(29-11-1)15-3-5-16(6-4-15)22-13-20-23(30-22)24(27-14-26-20)28-18-7-8-19-17(12-18)9-10-25-19/h1-14,25H,(H,26,27,28). The van der Waals surface area contributed by atoms with Crippen LogP contribution in [0.25, 0.3) is 42.0 Å². The summed E-state index contributed by atoms with van der Waals surface area (Å²) in [5, 5.41) is 6.74. The van der Waals surface area contributed by atoms with Gasteiger partial charge in [-0.2, -0.15) is 0 Å². The average molecular weight is 425 g/mol. The number of anilines is 2. The van der Waals surface area contributed by atoms with E-state index in [4.69, 9.17) is 0 Å². The number of aromatic amines is 1. The van der Waals surface area contributed by atoms with Crippen LogP contribution in [0, 0.1) is 0 Å². The summed E-state index contributed by atoms with van der Waals surface area (Å²) in [6.45, 7) is 0. The molecule has 30 heavy (non-hydrogen) atoms. The highest BCUT2D eigenvalue weighted by Crippen LogP contribution is 2.37. The zero-order chi connectivity index (χ0) is 19.9. The molecule has 0 aliphatic carbocycles. The van der Waals surface area contributed by atoms with Crippen molar-refractivity contribution in [1.82, 2.24) is 15.0 Å². The number of benzene rings is 2. The van der Waals surface area contributed by atoms with Crippen LogP contribution in [-0.4, -0.2) is 15.0 Å². The smallest absolute Gasteiger partial charge is 0.151 e. The van der Waals surface area contributed by atoms with Gasteiger partial charge in [0.25, 0.3) is 0 Å². The number of H-pyrrole nitrogens is 1. The third kappa shape index (κ3) is 3.07. The molecule has 0 unspecified atom stereocenters. The quantitative estimate of drug-likeness (QED) is 0.312. The number of hydrogen-bond donors (Lipinski definition) is 2. The van der Waals surface area contributed by atoms with Gasteiger partial charge in [-0.1, -0.05) is 30.3 Å². The van der Waals surface area contributed by atoms with E-state index in [1.807, 2.05) is 6.20 Å². The molecule has 0 saturated heterocycles. The normalized spacial score (nSPS) is 11.3. The molecule has 2 N–H and O–H groups in total. The van der Waals surface area contributed by atoms with Crippen LogP contribution in [0.5, 0.6) is 0 Å². The van der Waals surface area contributed by atoms with Crippen LogP contribution in [0.3, 0.4) is 0 Å². The highest BCUT2D eigenvalue weighted by atomic mass is 32.1. The first-order valence-corrected chi connectivity index (χ1v) is 11.3. The fraction of sp³-hybridized carbons (Fsp3) is 0. The van der Waals surface area contributed by atoms with E-state index >= 15 is 0 Å². The maximum atomic E-state index is 4.51. The topological polar surface area (TPSA) is 53.6 Å². The first-order valence-electron chi connectivity index (χ1n) is 9.56. The van der Waals surface area contributed by atoms with Crippen LogP contribution in [0.4, 0.5) is 11.5 Å². The van der Waals surface area contributed by atoms with Crippen molar-refractivity contribution < 1.29 is 0 Å². The Morgan fingerprint density at radius 2 is 1.70 bits per heavy atom. The molecule has 4 heterocycles. The van der Waals surface area contributed by atoms with Gasteiger partial charge in [-0.25, -0.2) is 9.97 Å². The van der Waals surface area contributed by atoms with E-state index in [0.717, 1.165) is 27.2 Å². The van der Waals surface area contributed by atoms with Crippen LogP contribution >= 0.6 is 22.7 Å². The molecule has 0 amide bonds. The number of thiophene rings is 2.